The molecule has 0 aromatic rings. The van der Waals surface area contributed by atoms with Crippen molar-refractivity contribution in [1.82, 2.24) is 0 Å². The highest BCUT2D eigenvalue weighted by Crippen LogP contribution is 1.76. The summed E-state index contributed by atoms with van der Waals surface area (Å²) in [5.41, 5.74) is 0. The molecule has 0 atom stereocenters. The fourth-order valence-electron chi connectivity index (χ4n) is 0.199. The summed E-state index contributed by atoms with van der Waals surface area (Å²) >= 11 is 0. The van der Waals surface area contributed by atoms with Gasteiger partial charge in [-0.05, 0) is 0 Å². The minimum absolute atomic E-state index is 0.0208. The van der Waals surface area contributed by atoms with E-state index < -0.39 is 5.97 Å². The van der Waals surface area contributed by atoms with E-state index in [4.69, 9.17) is 5.21 Å². The van der Waals surface area contributed by atoms with Crippen LogP contribution in [-0.4, -0.2) is 24.5 Å². The van der Waals surface area contributed by atoms with Crippen LogP contribution >= 0.6 is 0 Å². The first-order valence-electron chi connectivity index (χ1n) is 2.04. The number of ether oxygens (including phenoxy) is 1. The zero-order chi connectivity index (χ0) is 6.41. The van der Waals surface area contributed by atoms with E-state index in [2.05, 4.69) is 9.89 Å². The Bertz CT molecular complexity index is 99.5. The third kappa shape index (κ3) is 3.14. The van der Waals surface area contributed by atoms with Gasteiger partial charge < -0.3 is 9.94 Å². The van der Waals surface area contributed by atoms with E-state index in [0.29, 0.717) is 0 Å². The molecule has 46 valence electrons. The SMILES string of the molecule is COC(=O)C/C=N\O. The van der Waals surface area contributed by atoms with Crippen molar-refractivity contribution >= 4 is 12.2 Å². The van der Waals surface area contributed by atoms with Gasteiger partial charge in [-0.1, -0.05) is 0 Å². The van der Waals surface area contributed by atoms with Crippen molar-refractivity contribution in [3.8, 4) is 0 Å². The molecule has 0 aromatic carbocycles. The second-order valence-corrected chi connectivity index (χ2v) is 1.08. The van der Waals surface area contributed by atoms with Gasteiger partial charge in [-0.3, -0.25) is 4.79 Å². The lowest BCUT2D eigenvalue weighted by Crippen LogP contribution is -1.99. The molecule has 0 bridgehead atoms. The van der Waals surface area contributed by atoms with Gasteiger partial charge >= 0.3 is 5.97 Å². The van der Waals surface area contributed by atoms with Crippen molar-refractivity contribution in [2.24, 2.45) is 5.16 Å². The lowest BCUT2D eigenvalue weighted by atomic mass is 10.5. The summed E-state index contributed by atoms with van der Waals surface area (Å²) in [6, 6.07) is 0. The number of methoxy groups -OCH3 is 1. The third-order valence-corrected chi connectivity index (χ3v) is 0.567. The highest BCUT2D eigenvalue weighted by atomic mass is 16.5. The van der Waals surface area contributed by atoms with Crippen LogP contribution in [0.5, 0.6) is 0 Å². The van der Waals surface area contributed by atoms with E-state index in [0.717, 1.165) is 6.21 Å². The Morgan fingerprint density at radius 2 is 2.62 bits per heavy atom. The molecule has 0 heterocycles. The first-order valence-corrected chi connectivity index (χ1v) is 2.04. The van der Waals surface area contributed by atoms with E-state index in [1.165, 1.54) is 7.11 Å². The number of hydrogen-bond donors (Lipinski definition) is 1. The standard InChI is InChI=1S/C4H7NO3/c1-8-4(6)2-3-5-7/h3,7H,2H2,1H3/b5-3-. The maximum Gasteiger partial charge on any atom is 0.311 e. The summed E-state index contributed by atoms with van der Waals surface area (Å²) in [5.74, 6) is -0.414. The van der Waals surface area contributed by atoms with E-state index >= 15 is 0 Å². The average Bonchev–Trinajstić information content (AvgIpc) is 1.83. The van der Waals surface area contributed by atoms with E-state index in [9.17, 15) is 4.79 Å². The maximum atomic E-state index is 10.1. The molecular weight excluding hydrogens is 110 g/mol. The minimum Gasteiger partial charge on any atom is -0.469 e. The molecule has 0 aliphatic heterocycles. The average molecular weight is 117 g/mol. The van der Waals surface area contributed by atoms with Crippen molar-refractivity contribution in [1.29, 1.82) is 0 Å². The van der Waals surface area contributed by atoms with Crippen molar-refractivity contribution in [2.75, 3.05) is 7.11 Å². The number of esters is 1. The molecule has 0 fully saturated rings. The maximum absolute atomic E-state index is 10.1. The van der Waals surface area contributed by atoms with Gasteiger partial charge in [0, 0.05) is 0 Å². The smallest absolute Gasteiger partial charge is 0.311 e. The predicted octanol–water partition coefficient (Wildman–Crippen LogP) is 0.00950. The summed E-state index contributed by atoms with van der Waals surface area (Å²) < 4.78 is 4.21. The molecule has 8 heavy (non-hydrogen) atoms. The highest BCUT2D eigenvalue weighted by molar-refractivity contribution is 5.85. The van der Waals surface area contributed by atoms with Crippen molar-refractivity contribution < 1.29 is 14.7 Å². The molecule has 0 amide bonds. The lowest BCUT2D eigenvalue weighted by molar-refractivity contribution is -0.139. The molecule has 0 unspecified atom stereocenters. The van der Waals surface area contributed by atoms with Crippen LogP contribution in [0.4, 0.5) is 0 Å². The van der Waals surface area contributed by atoms with E-state index in [1.54, 1.807) is 0 Å². The fraction of sp³-hybridized carbons (Fsp3) is 0.500. The zero-order valence-corrected chi connectivity index (χ0v) is 4.50. The van der Waals surface area contributed by atoms with Crippen LogP contribution in [0.2, 0.25) is 0 Å². The Labute approximate surface area is 46.8 Å². The Kier molecular flexibility index (Phi) is 3.56. The Balaban J connectivity index is 3.25. The summed E-state index contributed by atoms with van der Waals surface area (Å²) in [6.45, 7) is 0. The molecular formula is C4H7NO3. The van der Waals surface area contributed by atoms with Gasteiger partial charge in [-0.15, -0.1) is 5.16 Å². The number of nitrogens with zero attached hydrogens (tertiary/aromatic N) is 1. The van der Waals surface area contributed by atoms with Gasteiger partial charge in [0.15, 0.2) is 0 Å². The van der Waals surface area contributed by atoms with Crippen LogP contribution in [0.3, 0.4) is 0 Å². The fourth-order valence-corrected chi connectivity index (χ4v) is 0.199. The minimum atomic E-state index is -0.414. The topological polar surface area (TPSA) is 58.9 Å². The van der Waals surface area contributed by atoms with Crippen LogP contribution in [0.25, 0.3) is 0 Å². The predicted molar refractivity (Wildman–Crippen MR) is 26.9 cm³/mol. The van der Waals surface area contributed by atoms with E-state index in [1.807, 2.05) is 0 Å². The second kappa shape index (κ2) is 4.11. The van der Waals surface area contributed by atoms with Crippen LogP contribution in [-0.2, 0) is 9.53 Å². The van der Waals surface area contributed by atoms with Gasteiger partial charge in [0.25, 0.3) is 0 Å². The van der Waals surface area contributed by atoms with Gasteiger partial charge in [0.05, 0.1) is 19.7 Å². The largest absolute Gasteiger partial charge is 0.469 e. The van der Waals surface area contributed by atoms with Crippen molar-refractivity contribution in [3.05, 3.63) is 0 Å². The molecule has 0 aromatic heterocycles. The van der Waals surface area contributed by atoms with Crippen LogP contribution in [0.1, 0.15) is 6.42 Å². The molecule has 4 heteroatoms. The first kappa shape index (κ1) is 6.94. The number of oxime groups is 1. The molecule has 0 rings (SSSR count). The Morgan fingerprint density at radius 1 is 2.00 bits per heavy atom. The quantitative estimate of drug-likeness (QED) is 0.240. The van der Waals surface area contributed by atoms with Gasteiger partial charge in [0.2, 0.25) is 0 Å². The lowest BCUT2D eigenvalue weighted by Gasteiger charge is -1.88. The summed E-state index contributed by atoms with van der Waals surface area (Å²) in [4.78, 5) is 10.1. The second-order valence-electron chi connectivity index (χ2n) is 1.08. The molecule has 0 aliphatic carbocycles. The molecule has 0 saturated heterocycles. The summed E-state index contributed by atoms with van der Waals surface area (Å²) in [6.07, 6.45) is 1.08. The number of hydrogen-bond acceptors (Lipinski definition) is 4. The monoisotopic (exact) mass is 117 g/mol. The van der Waals surface area contributed by atoms with Crippen LogP contribution in [0.15, 0.2) is 5.16 Å². The molecule has 0 aliphatic rings. The molecule has 0 saturated carbocycles. The van der Waals surface area contributed by atoms with Gasteiger partial charge in [-0.2, -0.15) is 0 Å². The first-order chi connectivity index (χ1) is 3.81. The summed E-state index contributed by atoms with van der Waals surface area (Å²) in [7, 11) is 1.27. The van der Waals surface area contributed by atoms with Crippen molar-refractivity contribution in [3.63, 3.8) is 0 Å². The summed E-state index contributed by atoms with van der Waals surface area (Å²) in [5, 5.41) is 10.4. The van der Waals surface area contributed by atoms with Gasteiger partial charge in [-0.25, -0.2) is 0 Å². The molecule has 0 spiro atoms. The van der Waals surface area contributed by atoms with Gasteiger partial charge in [0.1, 0.15) is 0 Å². The Hall–Kier alpha value is -1.06. The normalized spacial score (nSPS) is 9.62. The van der Waals surface area contributed by atoms with Crippen molar-refractivity contribution in [2.45, 2.75) is 6.42 Å². The highest BCUT2D eigenvalue weighted by Gasteiger charge is 1.92. The van der Waals surface area contributed by atoms with Crippen LogP contribution < -0.4 is 0 Å². The number of carbonyl (C=O) groups is 1. The number of carbonyl (C=O) groups excluding carboxylic acids is 1. The van der Waals surface area contributed by atoms with Crippen LogP contribution in [0, 0.1) is 0 Å². The number of rotatable bonds is 2. The molecule has 0 radical (unpaired) electrons. The van der Waals surface area contributed by atoms with E-state index in [-0.39, 0.29) is 6.42 Å². The third-order valence-electron chi connectivity index (χ3n) is 0.567. The Morgan fingerprint density at radius 3 is 3.00 bits per heavy atom. The molecule has 4 nitrogen and oxygen atoms in total. The zero-order valence-electron chi connectivity index (χ0n) is 4.50. The molecule has 1 N–H and O–H groups in total.